The van der Waals surface area contributed by atoms with Gasteiger partial charge in [-0.2, -0.15) is 0 Å². The lowest BCUT2D eigenvalue weighted by Gasteiger charge is -2.26. The van der Waals surface area contributed by atoms with Crippen molar-refractivity contribution in [3.8, 4) is 11.6 Å². The summed E-state index contributed by atoms with van der Waals surface area (Å²) < 4.78 is 11.2. The maximum atomic E-state index is 12.3. The van der Waals surface area contributed by atoms with E-state index in [0.717, 1.165) is 12.8 Å². The fourth-order valence-electron chi connectivity index (χ4n) is 2.95. The first-order valence-corrected chi connectivity index (χ1v) is 8.64. The molecule has 1 amide bonds. The van der Waals surface area contributed by atoms with Gasteiger partial charge in [0.1, 0.15) is 11.9 Å². The Morgan fingerprint density at radius 3 is 3.00 bits per heavy atom. The van der Waals surface area contributed by atoms with E-state index >= 15 is 0 Å². The molecule has 1 aliphatic rings. The van der Waals surface area contributed by atoms with E-state index in [2.05, 4.69) is 20.5 Å². The van der Waals surface area contributed by atoms with E-state index in [0.29, 0.717) is 23.8 Å². The number of hydrogen-bond donors (Lipinski definition) is 2. The van der Waals surface area contributed by atoms with Crippen molar-refractivity contribution < 1.29 is 13.9 Å². The number of aromatic nitrogens is 3. The van der Waals surface area contributed by atoms with Crippen molar-refractivity contribution >= 4 is 5.91 Å². The van der Waals surface area contributed by atoms with Gasteiger partial charge in [0.05, 0.1) is 18.9 Å². The van der Waals surface area contributed by atoms with E-state index in [-0.39, 0.29) is 18.6 Å². The Labute approximate surface area is 141 Å². The highest BCUT2D eigenvalue weighted by atomic mass is 16.5. The molecule has 130 valence electrons. The third kappa shape index (κ3) is 4.23. The highest BCUT2D eigenvalue weighted by Crippen LogP contribution is 2.22. The Hall–Kier alpha value is -2.15. The lowest BCUT2D eigenvalue weighted by atomic mass is 9.97. The molecule has 0 spiro atoms. The van der Waals surface area contributed by atoms with Crippen LogP contribution in [-0.4, -0.2) is 33.3 Å². The number of H-pyrrole nitrogens is 1. The minimum atomic E-state index is -0.402. The Kier molecular flexibility index (Phi) is 5.63. The highest BCUT2D eigenvalue weighted by Gasteiger charge is 2.23. The molecular weight excluding hydrogens is 308 g/mol. The lowest BCUT2D eigenvalue weighted by Crippen LogP contribution is -2.38. The number of aromatic amines is 1. The minimum absolute atomic E-state index is 0.0981. The van der Waals surface area contributed by atoms with Crippen LogP contribution in [0.4, 0.5) is 0 Å². The average molecular weight is 332 g/mol. The summed E-state index contributed by atoms with van der Waals surface area (Å²) in [5, 5.41) is 9.76. The zero-order valence-corrected chi connectivity index (χ0v) is 14.0. The van der Waals surface area contributed by atoms with Gasteiger partial charge in [-0.25, -0.2) is 4.98 Å². The summed E-state index contributed by atoms with van der Waals surface area (Å²) in [6.07, 6.45) is 7.80. The van der Waals surface area contributed by atoms with Crippen molar-refractivity contribution in [1.29, 1.82) is 0 Å². The molecule has 1 fully saturated rings. The molecular formula is C17H24N4O3. The molecule has 1 atom stereocenters. The maximum Gasteiger partial charge on any atom is 0.249 e. The van der Waals surface area contributed by atoms with Crippen LogP contribution in [0.5, 0.6) is 0 Å². The van der Waals surface area contributed by atoms with Crippen LogP contribution < -0.4 is 5.32 Å². The zero-order chi connectivity index (χ0) is 16.8. The molecule has 0 aromatic carbocycles. The van der Waals surface area contributed by atoms with E-state index in [9.17, 15) is 4.79 Å². The maximum absolute atomic E-state index is 12.3. The molecule has 0 radical (unpaired) electrons. The van der Waals surface area contributed by atoms with Gasteiger partial charge in [0.25, 0.3) is 0 Å². The van der Waals surface area contributed by atoms with Crippen LogP contribution in [0.25, 0.3) is 11.6 Å². The van der Waals surface area contributed by atoms with E-state index in [4.69, 9.17) is 9.15 Å². The van der Waals surface area contributed by atoms with Gasteiger partial charge in [-0.1, -0.05) is 26.2 Å². The van der Waals surface area contributed by atoms with Gasteiger partial charge < -0.3 is 14.5 Å². The van der Waals surface area contributed by atoms with Gasteiger partial charge in [-0.3, -0.25) is 9.89 Å². The molecule has 7 nitrogen and oxygen atoms in total. The molecule has 1 saturated carbocycles. The summed E-state index contributed by atoms with van der Waals surface area (Å²) in [6.45, 7) is 2.26. The smallest absolute Gasteiger partial charge is 0.249 e. The van der Waals surface area contributed by atoms with E-state index in [1.165, 1.54) is 19.3 Å². The van der Waals surface area contributed by atoms with Crippen LogP contribution in [0.1, 0.15) is 51.3 Å². The number of carbonyl (C=O) groups is 1. The van der Waals surface area contributed by atoms with Gasteiger partial charge in [-0.05, 0) is 31.4 Å². The van der Waals surface area contributed by atoms with Crippen LogP contribution in [0, 0.1) is 0 Å². The molecule has 24 heavy (non-hydrogen) atoms. The number of nitrogens with one attached hydrogen (secondary N) is 2. The van der Waals surface area contributed by atoms with Crippen LogP contribution in [-0.2, 0) is 16.1 Å². The van der Waals surface area contributed by atoms with Crippen molar-refractivity contribution in [3.05, 3.63) is 24.2 Å². The van der Waals surface area contributed by atoms with Gasteiger partial charge in [0, 0.05) is 0 Å². The SMILES string of the molecule is CC[C@@H](OC1CCCCC1)C(=O)NCc1nc(-c2ccco2)n[nH]1. The number of nitrogens with zero attached hydrogens (tertiary/aromatic N) is 2. The molecule has 0 saturated heterocycles. The molecule has 2 aromatic rings. The first-order chi connectivity index (χ1) is 11.8. The van der Waals surface area contributed by atoms with Gasteiger partial charge in [-0.15, -0.1) is 5.10 Å². The molecule has 2 heterocycles. The first kappa shape index (κ1) is 16.7. The van der Waals surface area contributed by atoms with Crippen molar-refractivity contribution in [2.45, 2.75) is 64.2 Å². The molecule has 0 aliphatic heterocycles. The third-order valence-corrected chi connectivity index (χ3v) is 4.28. The Bertz CT molecular complexity index is 632. The van der Waals surface area contributed by atoms with Crippen LogP contribution in [0.2, 0.25) is 0 Å². The summed E-state index contributed by atoms with van der Waals surface area (Å²) in [5.41, 5.74) is 0. The molecule has 0 unspecified atom stereocenters. The summed E-state index contributed by atoms with van der Waals surface area (Å²) in [6, 6.07) is 3.57. The monoisotopic (exact) mass is 332 g/mol. The summed E-state index contributed by atoms with van der Waals surface area (Å²) in [5.74, 6) is 1.56. The largest absolute Gasteiger partial charge is 0.461 e. The predicted octanol–water partition coefficient (Wildman–Crippen LogP) is 2.81. The van der Waals surface area contributed by atoms with Gasteiger partial charge in [0.2, 0.25) is 11.7 Å². The van der Waals surface area contributed by atoms with Gasteiger partial charge in [0.15, 0.2) is 5.76 Å². The fraction of sp³-hybridized carbons (Fsp3) is 0.588. The number of furan rings is 1. The third-order valence-electron chi connectivity index (χ3n) is 4.28. The van der Waals surface area contributed by atoms with Crippen LogP contribution in [0.15, 0.2) is 22.8 Å². The predicted molar refractivity (Wildman–Crippen MR) is 88.0 cm³/mol. The van der Waals surface area contributed by atoms with Crippen molar-refractivity contribution in [3.63, 3.8) is 0 Å². The Morgan fingerprint density at radius 1 is 1.46 bits per heavy atom. The fourth-order valence-corrected chi connectivity index (χ4v) is 2.95. The van der Waals surface area contributed by atoms with E-state index in [1.807, 2.05) is 6.92 Å². The Morgan fingerprint density at radius 2 is 2.29 bits per heavy atom. The van der Waals surface area contributed by atoms with Crippen LogP contribution in [0.3, 0.4) is 0 Å². The second-order valence-electron chi connectivity index (χ2n) is 6.09. The number of hydrogen-bond acceptors (Lipinski definition) is 5. The highest BCUT2D eigenvalue weighted by molar-refractivity contribution is 5.80. The first-order valence-electron chi connectivity index (χ1n) is 8.64. The average Bonchev–Trinajstić information content (AvgIpc) is 3.29. The second-order valence-corrected chi connectivity index (χ2v) is 6.09. The molecule has 2 N–H and O–H groups in total. The van der Waals surface area contributed by atoms with Crippen molar-refractivity contribution in [1.82, 2.24) is 20.5 Å². The van der Waals surface area contributed by atoms with E-state index in [1.54, 1.807) is 18.4 Å². The summed E-state index contributed by atoms with van der Waals surface area (Å²) in [4.78, 5) is 16.6. The molecule has 1 aliphatic carbocycles. The normalized spacial score (nSPS) is 16.9. The second kappa shape index (κ2) is 8.10. The zero-order valence-electron chi connectivity index (χ0n) is 14.0. The number of amides is 1. The number of rotatable bonds is 7. The summed E-state index contributed by atoms with van der Waals surface area (Å²) >= 11 is 0. The standard InChI is InChI=1S/C17H24N4O3/c1-2-13(24-12-7-4-3-5-8-12)17(22)18-11-15-19-16(21-20-15)14-9-6-10-23-14/h6,9-10,12-13H,2-5,7-8,11H2,1H3,(H,18,22)(H,19,20,21)/t13-/m1/s1. The quantitative estimate of drug-likeness (QED) is 0.813. The topological polar surface area (TPSA) is 93.0 Å². The van der Waals surface area contributed by atoms with Gasteiger partial charge >= 0.3 is 0 Å². The number of carbonyl (C=O) groups excluding carboxylic acids is 1. The molecule has 3 rings (SSSR count). The minimum Gasteiger partial charge on any atom is -0.461 e. The van der Waals surface area contributed by atoms with E-state index < -0.39 is 6.10 Å². The Balaban J connectivity index is 1.50. The lowest BCUT2D eigenvalue weighted by molar-refractivity contribution is -0.138. The number of ether oxygens (including phenoxy) is 1. The van der Waals surface area contributed by atoms with Crippen LogP contribution >= 0.6 is 0 Å². The van der Waals surface area contributed by atoms with Crippen molar-refractivity contribution in [2.75, 3.05) is 0 Å². The van der Waals surface area contributed by atoms with Crippen molar-refractivity contribution in [2.24, 2.45) is 0 Å². The molecule has 2 aromatic heterocycles. The summed E-state index contributed by atoms with van der Waals surface area (Å²) in [7, 11) is 0. The molecule has 7 heteroatoms. The molecule has 0 bridgehead atoms.